The molecule has 150 valence electrons. The molecule has 7 nitrogen and oxygen atoms in total. The molecule has 0 N–H and O–H groups in total. The van der Waals surface area contributed by atoms with E-state index >= 15 is 0 Å². The number of carbonyl (C=O) groups is 1. The molecule has 8 heteroatoms. The number of sulfonamides is 1. The molecule has 0 unspecified atom stereocenters. The van der Waals surface area contributed by atoms with Crippen LogP contribution in [0.3, 0.4) is 0 Å². The van der Waals surface area contributed by atoms with Crippen molar-refractivity contribution >= 4 is 21.7 Å². The van der Waals surface area contributed by atoms with Gasteiger partial charge < -0.3 is 9.26 Å². The van der Waals surface area contributed by atoms with Gasteiger partial charge in [0.15, 0.2) is 0 Å². The number of hydrogen-bond donors (Lipinski definition) is 0. The molecule has 0 saturated carbocycles. The van der Waals surface area contributed by atoms with Crippen molar-refractivity contribution in [2.45, 2.75) is 31.3 Å². The van der Waals surface area contributed by atoms with Gasteiger partial charge in [-0.2, -0.15) is 0 Å². The number of para-hydroxylation sites is 1. The van der Waals surface area contributed by atoms with E-state index in [4.69, 9.17) is 9.26 Å². The Kier molecular flexibility index (Phi) is 5.10. The number of benzene rings is 2. The Morgan fingerprint density at radius 3 is 2.79 bits per heavy atom. The molecule has 0 radical (unpaired) electrons. The van der Waals surface area contributed by atoms with Crippen LogP contribution in [0.25, 0.3) is 0 Å². The summed E-state index contributed by atoms with van der Waals surface area (Å²) in [5.41, 5.74) is 2.34. The fourth-order valence-electron chi connectivity index (χ4n) is 3.37. The summed E-state index contributed by atoms with van der Waals surface area (Å²) in [6, 6.07) is 15.1. The standard InChI is InChI=1S/C21H20N2O5S/c1-15-12-18(22-28-15)14-27-21(24)17-7-4-9-19(13-17)29(25,26)23-11-5-8-16-6-2-3-10-20(16)23/h2-4,6-7,9-10,12-13H,5,8,11,14H2,1H3. The third-order valence-electron chi connectivity index (χ3n) is 4.75. The van der Waals surface area contributed by atoms with Crippen LogP contribution in [0.4, 0.5) is 5.69 Å². The Morgan fingerprint density at radius 1 is 1.17 bits per heavy atom. The minimum Gasteiger partial charge on any atom is -0.455 e. The molecule has 4 rings (SSSR count). The van der Waals surface area contributed by atoms with Crippen molar-refractivity contribution in [1.29, 1.82) is 0 Å². The number of anilines is 1. The summed E-state index contributed by atoms with van der Waals surface area (Å²) in [4.78, 5) is 12.4. The average molecular weight is 412 g/mol. The fraction of sp³-hybridized carbons (Fsp3) is 0.238. The highest BCUT2D eigenvalue weighted by atomic mass is 32.2. The van der Waals surface area contributed by atoms with Crippen molar-refractivity contribution in [2.75, 3.05) is 10.8 Å². The summed E-state index contributed by atoms with van der Waals surface area (Å²) in [6.45, 7) is 2.09. The Bertz CT molecular complexity index is 1150. The van der Waals surface area contributed by atoms with E-state index in [-0.39, 0.29) is 17.1 Å². The first-order chi connectivity index (χ1) is 13.9. The molecular weight excluding hydrogens is 392 g/mol. The maximum Gasteiger partial charge on any atom is 0.338 e. The Hall–Kier alpha value is -3.13. The zero-order valence-electron chi connectivity index (χ0n) is 15.9. The van der Waals surface area contributed by atoms with Crippen LogP contribution in [0, 0.1) is 6.92 Å². The molecule has 1 aliphatic heterocycles. The molecule has 2 aromatic carbocycles. The third kappa shape index (κ3) is 3.88. The van der Waals surface area contributed by atoms with E-state index in [1.165, 1.54) is 22.5 Å². The molecule has 1 aromatic heterocycles. The van der Waals surface area contributed by atoms with Gasteiger partial charge in [0.05, 0.1) is 16.1 Å². The number of carbonyl (C=O) groups excluding carboxylic acids is 1. The van der Waals surface area contributed by atoms with Crippen molar-refractivity contribution in [3.63, 3.8) is 0 Å². The predicted octanol–water partition coefficient (Wildman–Crippen LogP) is 3.48. The summed E-state index contributed by atoms with van der Waals surface area (Å²) >= 11 is 0. The van der Waals surface area contributed by atoms with Crippen LogP contribution < -0.4 is 4.31 Å². The van der Waals surface area contributed by atoms with Crippen LogP contribution in [0.1, 0.15) is 33.8 Å². The Balaban J connectivity index is 1.57. The maximum absolute atomic E-state index is 13.3. The number of hydrogen-bond acceptors (Lipinski definition) is 6. The number of fused-ring (bicyclic) bond motifs is 1. The molecular formula is C21H20N2O5S. The Morgan fingerprint density at radius 2 is 2.00 bits per heavy atom. The predicted molar refractivity (Wildman–Crippen MR) is 106 cm³/mol. The average Bonchev–Trinajstić information content (AvgIpc) is 3.16. The molecule has 1 aliphatic rings. The second kappa shape index (κ2) is 7.71. The van der Waals surface area contributed by atoms with Crippen molar-refractivity contribution in [3.05, 3.63) is 77.2 Å². The topological polar surface area (TPSA) is 89.7 Å². The number of rotatable bonds is 5. The fourth-order valence-corrected chi connectivity index (χ4v) is 4.96. The monoisotopic (exact) mass is 412 g/mol. The van der Waals surface area contributed by atoms with E-state index in [0.29, 0.717) is 23.7 Å². The lowest BCUT2D eigenvalue weighted by Gasteiger charge is -2.30. The van der Waals surface area contributed by atoms with Gasteiger partial charge in [0.2, 0.25) is 0 Å². The first-order valence-corrected chi connectivity index (χ1v) is 10.7. The van der Waals surface area contributed by atoms with Gasteiger partial charge in [0, 0.05) is 12.6 Å². The minimum absolute atomic E-state index is 0.0490. The van der Waals surface area contributed by atoms with Crippen molar-refractivity contribution < 1.29 is 22.5 Å². The highest BCUT2D eigenvalue weighted by molar-refractivity contribution is 7.92. The number of aromatic nitrogens is 1. The van der Waals surface area contributed by atoms with Gasteiger partial charge in [-0.3, -0.25) is 4.31 Å². The molecule has 0 bridgehead atoms. The molecule has 3 aromatic rings. The van der Waals surface area contributed by atoms with Crippen LogP contribution in [0.15, 0.2) is 64.0 Å². The number of ether oxygens (including phenoxy) is 1. The van der Waals surface area contributed by atoms with Crippen LogP contribution in [0.2, 0.25) is 0 Å². The summed E-state index contributed by atoms with van der Waals surface area (Å²) < 4.78 is 38.1. The first kappa shape index (κ1) is 19.2. The van der Waals surface area contributed by atoms with Crippen molar-refractivity contribution in [2.24, 2.45) is 0 Å². The van der Waals surface area contributed by atoms with Crippen molar-refractivity contribution in [3.8, 4) is 0 Å². The lowest BCUT2D eigenvalue weighted by atomic mass is 10.0. The van der Waals surface area contributed by atoms with Gasteiger partial charge in [0.1, 0.15) is 18.1 Å². The second-order valence-electron chi connectivity index (χ2n) is 6.84. The molecule has 0 amide bonds. The van der Waals surface area contributed by atoms with E-state index in [9.17, 15) is 13.2 Å². The second-order valence-corrected chi connectivity index (χ2v) is 8.70. The van der Waals surface area contributed by atoms with Gasteiger partial charge in [-0.15, -0.1) is 0 Å². The molecule has 0 fully saturated rings. The van der Waals surface area contributed by atoms with Crippen LogP contribution in [0.5, 0.6) is 0 Å². The largest absolute Gasteiger partial charge is 0.455 e. The molecule has 0 aliphatic carbocycles. The number of esters is 1. The number of nitrogens with zero attached hydrogens (tertiary/aromatic N) is 2. The smallest absolute Gasteiger partial charge is 0.338 e. The van der Waals surface area contributed by atoms with Crippen molar-refractivity contribution in [1.82, 2.24) is 5.16 Å². The van der Waals surface area contributed by atoms with Gasteiger partial charge in [-0.25, -0.2) is 13.2 Å². The molecule has 0 saturated heterocycles. The molecule has 29 heavy (non-hydrogen) atoms. The first-order valence-electron chi connectivity index (χ1n) is 9.25. The molecule has 2 heterocycles. The van der Waals surface area contributed by atoms with E-state index < -0.39 is 16.0 Å². The number of aryl methyl sites for hydroxylation is 2. The quantitative estimate of drug-likeness (QED) is 0.596. The molecule has 0 spiro atoms. The summed E-state index contributed by atoms with van der Waals surface area (Å²) in [5.74, 6) is -0.00676. The summed E-state index contributed by atoms with van der Waals surface area (Å²) in [7, 11) is -3.80. The zero-order chi connectivity index (χ0) is 20.4. The Labute approximate surface area is 168 Å². The summed E-state index contributed by atoms with van der Waals surface area (Å²) in [5, 5.41) is 3.77. The van der Waals surface area contributed by atoms with Gasteiger partial charge in [0.25, 0.3) is 10.0 Å². The highest BCUT2D eigenvalue weighted by Gasteiger charge is 2.29. The lowest BCUT2D eigenvalue weighted by molar-refractivity contribution is 0.0464. The van der Waals surface area contributed by atoms with E-state index in [2.05, 4.69) is 5.16 Å². The van der Waals surface area contributed by atoms with E-state index in [1.807, 2.05) is 24.3 Å². The van der Waals surface area contributed by atoms with Gasteiger partial charge in [-0.1, -0.05) is 29.4 Å². The van der Waals surface area contributed by atoms with E-state index in [1.54, 1.807) is 19.1 Å². The highest BCUT2D eigenvalue weighted by Crippen LogP contribution is 2.32. The SMILES string of the molecule is Cc1cc(COC(=O)c2cccc(S(=O)(=O)N3CCCc4ccccc43)c2)no1. The summed E-state index contributed by atoms with van der Waals surface area (Å²) in [6.07, 6.45) is 1.59. The van der Waals surface area contributed by atoms with E-state index in [0.717, 1.165) is 18.4 Å². The van der Waals surface area contributed by atoms with Gasteiger partial charge >= 0.3 is 5.97 Å². The maximum atomic E-state index is 13.3. The zero-order valence-corrected chi connectivity index (χ0v) is 16.7. The lowest BCUT2D eigenvalue weighted by Crippen LogP contribution is -2.35. The van der Waals surface area contributed by atoms with Crippen LogP contribution in [-0.4, -0.2) is 26.1 Å². The van der Waals surface area contributed by atoms with Gasteiger partial charge in [-0.05, 0) is 49.6 Å². The van der Waals surface area contributed by atoms with Crippen LogP contribution >= 0.6 is 0 Å². The third-order valence-corrected chi connectivity index (χ3v) is 6.56. The molecule has 0 atom stereocenters. The van der Waals surface area contributed by atoms with Crippen LogP contribution in [-0.2, 0) is 27.8 Å². The normalized spacial score (nSPS) is 13.8. The minimum atomic E-state index is -3.80.